The van der Waals surface area contributed by atoms with Gasteiger partial charge >= 0.3 is 0 Å². The number of rotatable bonds is 8. The number of fused-ring (bicyclic) bond motifs is 1. The van der Waals surface area contributed by atoms with Crippen molar-refractivity contribution in [1.29, 1.82) is 0 Å². The van der Waals surface area contributed by atoms with Crippen molar-refractivity contribution in [2.24, 2.45) is 0 Å². The predicted octanol–water partition coefficient (Wildman–Crippen LogP) is 4.67. The van der Waals surface area contributed by atoms with Gasteiger partial charge in [-0.2, -0.15) is 9.97 Å². The molecule has 212 valence electrons. The van der Waals surface area contributed by atoms with Gasteiger partial charge in [-0.05, 0) is 65.0 Å². The molecule has 0 amide bonds. The largest absolute Gasteiger partial charge is 0.496 e. The molecule has 0 unspecified atom stereocenters. The number of sulfone groups is 1. The lowest BCUT2D eigenvalue weighted by Gasteiger charge is -2.36. The van der Waals surface area contributed by atoms with E-state index >= 15 is 0 Å². The Morgan fingerprint density at radius 2 is 1.82 bits per heavy atom. The molecule has 1 aliphatic heterocycles. The van der Waals surface area contributed by atoms with Crippen LogP contribution in [0.2, 0.25) is 0 Å². The van der Waals surface area contributed by atoms with Gasteiger partial charge in [-0.1, -0.05) is 12.1 Å². The van der Waals surface area contributed by atoms with E-state index in [9.17, 15) is 8.42 Å². The maximum atomic E-state index is 13.1. The van der Waals surface area contributed by atoms with E-state index in [1.54, 1.807) is 45.2 Å². The van der Waals surface area contributed by atoms with Gasteiger partial charge in [0.05, 0.1) is 28.3 Å². The predicted molar refractivity (Wildman–Crippen MR) is 161 cm³/mol. The molecule has 5 rings (SSSR count). The monoisotopic (exact) mass is 563 g/mol. The lowest BCUT2D eigenvalue weighted by Crippen LogP contribution is -2.41. The zero-order valence-corrected chi connectivity index (χ0v) is 24.4. The quantitative estimate of drug-likeness (QED) is 0.280. The van der Waals surface area contributed by atoms with E-state index in [4.69, 9.17) is 10.5 Å². The molecule has 10 nitrogen and oxygen atoms in total. The van der Waals surface area contributed by atoms with Crippen molar-refractivity contribution < 1.29 is 13.2 Å². The number of H-pyrrole nitrogens is 1. The molecule has 40 heavy (non-hydrogen) atoms. The number of aromatic amines is 1. The molecule has 0 atom stereocenters. The number of methoxy groups -OCH3 is 1. The third kappa shape index (κ3) is 5.18. The van der Waals surface area contributed by atoms with Crippen LogP contribution in [0.3, 0.4) is 0 Å². The van der Waals surface area contributed by atoms with Gasteiger partial charge in [0.15, 0.2) is 9.84 Å². The Bertz CT molecular complexity index is 1620. The summed E-state index contributed by atoms with van der Waals surface area (Å²) in [5.74, 6) is 1.19. The molecule has 2 aromatic carbocycles. The molecular weight excluding hydrogens is 526 g/mol. The van der Waals surface area contributed by atoms with E-state index in [1.165, 1.54) is 0 Å². The minimum absolute atomic E-state index is 0.0658. The molecule has 1 saturated heterocycles. The average molecular weight is 564 g/mol. The van der Waals surface area contributed by atoms with E-state index in [1.807, 2.05) is 12.3 Å². The van der Waals surface area contributed by atoms with Gasteiger partial charge in [0.2, 0.25) is 5.95 Å². The van der Waals surface area contributed by atoms with Gasteiger partial charge in [0.25, 0.3) is 0 Å². The van der Waals surface area contributed by atoms with Crippen LogP contribution in [0.5, 0.6) is 5.75 Å². The lowest BCUT2D eigenvalue weighted by molar-refractivity contribution is 0.249. The average Bonchev–Trinajstić information content (AvgIpc) is 3.36. The number of ether oxygens (including phenoxy) is 1. The minimum atomic E-state index is -3.55. The zero-order valence-electron chi connectivity index (χ0n) is 23.6. The van der Waals surface area contributed by atoms with Crippen LogP contribution in [0, 0.1) is 0 Å². The van der Waals surface area contributed by atoms with Crippen molar-refractivity contribution in [2.45, 2.75) is 42.9 Å². The van der Waals surface area contributed by atoms with Crippen LogP contribution in [0.4, 0.5) is 23.1 Å². The molecule has 1 fully saturated rings. The van der Waals surface area contributed by atoms with Crippen LogP contribution in [0.25, 0.3) is 22.2 Å². The summed E-state index contributed by atoms with van der Waals surface area (Å²) in [5.41, 5.74) is 9.80. The summed E-state index contributed by atoms with van der Waals surface area (Å²) in [7, 11) is 2.40. The van der Waals surface area contributed by atoms with Crippen LogP contribution in [-0.4, -0.2) is 73.9 Å². The number of hydrogen-bond acceptors (Lipinski definition) is 9. The summed E-state index contributed by atoms with van der Waals surface area (Å²) < 4.78 is 32.0. The molecule has 3 heterocycles. The summed E-state index contributed by atoms with van der Waals surface area (Å²) in [5, 5.41) is 3.35. The van der Waals surface area contributed by atoms with E-state index in [0.717, 1.165) is 48.5 Å². The highest BCUT2D eigenvalue weighted by molar-refractivity contribution is 7.92. The van der Waals surface area contributed by atoms with Crippen molar-refractivity contribution in [2.75, 3.05) is 50.2 Å². The van der Waals surface area contributed by atoms with Gasteiger partial charge in [-0.15, -0.1) is 0 Å². The van der Waals surface area contributed by atoms with Crippen LogP contribution in [0.15, 0.2) is 53.6 Å². The zero-order chi connectivity index (χ0) is 28.6. The summed E-state index contributed by atoms with van der Waals surface area (Å²) >= 11 is 0. The maximum Gasteiger partial charge on any atom is 0.224 e. The summed E-state index contributed by atoms with van der Waals surface area (Å²) in [6, 6.07) is 13.6. The number of para-hydroxylation sites is 1. The molecule has 4 N–H and O–H groups in total. The first kappa shape index (κ1) is 27.7. The van der Waals surface area contributed by atoms with E-state index in [-0.39, 0.29) is 10.8 Å². The molecule has 0 bridgehead atoms. The number of piperidine rings is 1. The minimum Gasteiger partial charge on any atom is -0.496 e. The van der Waals surface area contributed by atoms with Gasteiger partial charge < -0.3 is 30.6 Å². The Kier molecular flexibility index (Phi) is 7.61. The second-order valence-electron chi connectivity index (χ2n) is 10.6. The normalized spacial score (nSPS) is 14.8. The van der Waals surface area contributed by atoms with Crippen molar-refractivity contribution in [3.63, 3.8) is 0 Å². The van der Waals surface area contributed by atoms with E-state index in [0.29, 0.717) is 28.6 Å². The molecule has 1 aliphatic rings. The van der Waals surface area contributed by atoms with E-state index < -0.39 is 15.1 Å². The fourth-order valence-electron chi connectivity index (χ4n) is 5.29. The highest BCUT2D eigenvalue weighted by atomic mass is 32.2. The molecule has 4 aromatic rings. The van der Waals surface area contributed by atoms with Crippen molar-refractivity contribution in [3.05, 3.63) is 48.7 Å². The number of anilines is 4. The smallest absolute Gasteiger partial charge is 0.224 e. The maximum absolute atomic E-state index is 13.1. The standard InChI is InChI=1S/C29H37N7O3S/c1-18(2)40(37,38)25-9-7-6-8-23(25)32-28-26-22(17-31-27(26)33-29(30)34-28)21-11-10-20(16-24(21)39-5)36-14-12-19(13-15-36)35(3)4/h6-11,16-19H,12-15H2,1-5H3,(H4,30,31,32,33,34). The Balaban J connectivity index is 1.55. The number of aromatic nitrogens is 3. The van der Waals surface area contributed by atoms with Crippen molar-refractivity contribution in [3.8, 4) is 16.9 Å². The third-order valence-electron chi connectivity index (χ3n) is 7.65. The fraction of sp³-hybridized carbons (Fsp3) is 0.379. The van der Waals surface area contributed by atoms with Crippen molar-refractivity contribution >= 4 is 44.0 Å². The first-order valence-corrected chi connectivity index (χ1v) is 15.0. The second-order valence-corrected chi connectivity index (χ2v) is 13.1. The second kappa shape index (κ2) is 11.0. The molecule has 11 heteroatoms. The Hall–Kier alpha value is -3.83. The number of benzene rings is 2. The fourth-order valence-corrected chi connectivity index (χ4v) is 6.49. The number of nitrogens with one attached hydrogen (secondary N) is 2. The van der Waals surface area contributed by atoms with Gasteiger partial charge in [-0.25, -0.2) is 8.42 Å². The molecule has 0 spiro atoms. The van der Waals surface area contributed by atoms with Gasteiger partial charge in [0.1, 0.15) is 17.2 Å². The SMILES string of the molecule is COc1cc(N2CCC(N(C)C)CC2)ccc1-c1c[nH]c2nc(N)nc(Nc3ccccc3S(=O)(=O)C(C)C)c12. The Labute approximate surface area is 235 Å². The number of nitrogens with two attached hydrogens (primary N) is 1. The lowest BCUT2D eigenvalue weighted by atomic mass is 10.0. The van der Waals surface area contributed by atoms with Crippen LogP contribution in [0.1, 0.15) is 26.7 Å². The molecule has 0 aliphatic carbocycles. The highest BCUT2D eigenvalue weighted by Crippen LogP contribution is 2.41. The first-order valence-electron chi connectivity index (χ1n) is 13.4. The van der Waals surface area contributed by atoms with Crippen molar-refractivity contribution in [1.82, 2.24) is 19.9 Å². The number of nitrogens with zero attached hydrogens (tertiary/aromatic N) is 4. The molecule has 2 aromatic heterocycles. The Morgan fingerprint density at radius 1 is 1.10 bits per heavy atom. The molecular formula is C29H37N7O3S. The molecule has 0 radical (unpaired) electrons. The van der Waals surface area contributed by atoms with Crippen LogP contribution >= 0.6 is 0 Å². The number of nitrogen functional groups attached to an aromatic ring is 1. The first-order chi connectivity index (χ1) is 19.1. The summed E-state index contributed by atoms with van der Waals surface area (Å²) in [6.45, 7) is 5.30. The summed E-state index contributed by atoms with van der Waals surface area (Å²) in [4.78, 5) is 17.0. The third-order valence-corrected chi connectivity index (χ3v) is 9.86. The van der Waals surface area contributed by atoms with E-state index in [2.05, 4.69) is 56.3 Å². The molecule has 0 saturated carbocycles. The topological polar surface area (TPSA) is 129 Å². The Morgan fingerprint density at radius 3 is 2.50 bits per heavy atom. The van der Waals surface area contributed by atoms with Crippen LogP contribution in [-0.2, 0) is 9.84 Å². The van der Waals surface area contributed by atoms with Gasteiger partial charge in [-0.3, -0.25) is 0 Å². The van der Waals surface area contributed by atoms with Gasteiger partial charge in [0, 0.05) is 48.2 Å². The number of hydrogen-bond donors (Lipinski definition) is 3. The highest BCUT2D eigenvalue weighted by Gasteiger charge is 2.25. The van der Waals surface area contributed by atoms with Crippen LogP contribution < -0.4 is 20.7 Å². The summed E-state index contributed by atoms with van der Waals surface area (Å²) in [6.07, 6.45) is 4.07.